The molecule has 1 aliphatic heterocycles. The molecule has 4 N–H and O–H groups in total. The van der Waals surface area contributed by atoms with Gasteiger partial charge in [-0.1, -0.05) is 37.6 Å². The van der Waals surface area contributed by atoms with Gasteiger partial charge in [-0.25, -0.2) is 0 Å². The van der Waals surface area contributed by atoms with Crippen molar-refractivity contribution in [2.75, 3.05) is 13.2 Å². The van der Waals surface area contributed by atoms with Crippen molar-refractivity contribution < 1.29 is 14.3 Å². The number of ether oxygens (including phenoxy) is 1. The summed E-state index contributed by atoms with van der Waals surface area (Å²) in [5.41, 5.74) is 6.58. The number of nitrogens with two attached hydrogens (primary N) is 1. The molecule has 1 unspecified atom stereocenters. The fraction of sp³-hybridized carbons (Fsp3) is 0.500. The average molecular weight is 340 g/mol. The van der Waals surface area contributed by atoms with Gasteiger partial charge in [0.2, 0.25) is 11.8 Å². The highest BCUT2D eigenvalue weighted by atomic mass is 35.5. The van der Waals surface area contributed by atoms with Crippen LogP contribution in [0.15, 0.2) is 18.2 Å². The predicted molar refractivity (Wildman–Crippen MR) is 88.3 cm³/mol. The second-order valence-electron chi connectivity index (χ2n) is 5.90. The van der Waals surface area contributed by atoms with E-state index < -0.39 is 6.04 Å². The third-order valence-corrected chi connectivity index (χ3v) is 4.10. The van der Waals surface area contributed by atoms with E-state index in [0.717, 1.165) is 5.56 Å². The zero-order valence-electron chi connectivity index (χ0n) is 13.3. The molecule has 23 heavy (non-hydrogen) atoms. The fourth-order valence-electron chi connectivity index (χ4n) is 2.37. The van der Waals surface area contributed by atoms with Crippen molar-refractivity contribution in [1.29, 1.82) is 0 Å². The summed E-state index contributed by atoms with van der Waals surface area (Å²) in [6, 6.07) is 4.64. The van der Waals surface area contributed by atoms with Crippen LogP contribution >= 0.6 is 11.6 Å². The van der Waals surface area contributed by atoms with Crippen molar-refractivity contribution >= 4 is 23.4 Å². The molecule has 6 nitrogen and oxygen atoms in total. The van der Waals surface area contributed by atoms with Crippen LogP contribution in [0.3, 0.4) is 0 Å². The SMILES string of the molecule is CC(C)[C@H](N)C(=O)NCC(=O)NC1CCOc2c(Cl)cccc21. The van der Waals surface area contributed by atoms with Crippen molar-refractivity contribution in [3.63, 3.8) is 0 Å². The molecule has 2 rings (SSSR count). The molecule has 1 heterocycles. The lowest BCUT2D eigenvalue weighted by Crippen LogP contribution is -2.47. The zero-order chi connectivity index (χ0) is 17.0. The summed E-state index contributed by atoms with van der Waals surface area (Å²) in [7, 11) is 0. The maximum atomic E-state index is 12.1. The Morgan fingerprint density at radius 1 is 1.43 bits per heavy atom. The van der Waals surface area contributed by atoms with Crippen molar-refractivity contribution in [1.82, 2.24) is 10.6 Å². The number of nitrogens with one attached hydrogen (secondary N) is 2. The second kappa shape index (κ2) is 7.66. The van der Waals surface area contributed by atoms with Gasteiger partial charge in [0.05, 0.1) is 30.3 Å². The Balaban J connectivity index is 1.92. The lowest BCUT2D eigenvalue weighted by Gasteiger charge is -2.27. The second-order valence-corrected chi connectivity index (χ2v) is 6.31. The van der Waals surface area contributed by atoms with Gasteiger partial charge in [-0.3, -0.25) is 9.59 Å². The van der Waals surface area contributed by atoms with Crippen molar-refractivity contribution in [2.45, 2.75) is 32.4 Å². The highest BCUT2D eigenvalue weighted by molar-refractivity contribution is 6.32. The summed E-state index contributed by atoms with van der Waals surface area (Å²) in [5, 5.41) is 5.97. The highest BCUT2D eigenvalue weighted by Gasteiger charge is 2.25. The van der Waals surface area contributed by atoms with Crippen LogP contribution in [0.1, 0.15) is 31.9 Å². The minimum absolute atomic E-state index is 0.0163. The Morgan fingerprint density at radius 3 is 2.87 bits per heavy atom. The molecule has 0 spiro atoms. The Labute approximate surface area is 140 Å². The first-order chi connectivity index (χ1) is 10.9. The van der Waals surface area contributed by atoms with Gasteiger partial charge in [0, 0.05) is 12.0 Å². The molecular weight excluding hydrogens is 318 g/mol. The molecule has 0 aromatic heterocycles. The van der Waals surface area contributed by atoms with Crippen LogP contribution in [0.25, 0.3) is 0 Å². The van der Waals surface area contributed by atoms with E-state index >= 15 is 0 Å². The molecule has 126 valence electrons. The predicted octanol–water partition coefficient (Wildman–Crippen LogP) is 1.38. The Hall–Kier alpha value is -1.79. The Morgan fingerprint density at radius 2 is 2.17 bits per heavy atom. The number of para-hydroxylation sites is 1. The molecule has 0 radical (unpaired) electrons. The molecule has 1 aliphatic rings. The average Bonchev–Trinajstić information content (AvgIpc) is 2.52. The van der Waals surface area contributed by atoms with Crippen molar-refractivity contribution in [3.8, 4) is 5.75 Å². The first kappa shape index (κ1) is 17.6. The standard InChI is InChI=1S/C16H22ClN3O3/c1-9(2)14(18)16(22)19-8-13(21)20-12-6-7-23-15-10(12)4-3-5-11(15)17/h3-5,9,12,14H,6-8,18H2,1-2H3,(H,19,22)(H,20,21)/t12?,14-/m0/s1. The quantitative estimate of drug-likeness (QED) is 0.755. The molecule has 2 amide bonds. The fourth-order valence-corrected chi connectivity index (χ4v) is 2.61. The van der Waals surface area contributed by atoms with Gasteiger partial charge in [-0.2, -0.15) is 0 Å². The van der Waals surface area contributed by atoms with Crippen LogP contribution in [0.4, 0.5) is 0 Å². The summed E-state index contributed by atoms with van der Waals surface area (Å²) in [4.78, 5) is 23.8. The van der Waals surface area contributed by atoms with E-state index in [1.54, 1.807) is 6.07 Å². The van der Waals surface area contributed by atoms with Crippen LogP contribution in [-0.4, -0.2) is 31.0 Å². The van der Waals surface area contributed by atoms with Crippen LogP contribution < -0.4 is 21.1 Å². The van der Waals surface area contributed by atoms with Gasteiger partial charge < -0.3 is 21.1 Å². The van der Waals surface area contributed by atoms with Gasteiger partial charge in [-0.05, 0) is 12.0 Å². The summed E-state index contributed by atoms with van der Waals surface area (Å²) in [6.07, 6.45) is 0.651. The number of benzene rings is 1. The number of rotatable bonds is 5. The Bertz CT molecular complexity index is 592. The largest absolute Gasteiger partial charge is 0.492 e. The van der Waals surface area contributed by atoms with Gasteiger partial charge in [0.1, 0.15) is 5.75 Å². The summed E-state index contributed by atoms with van der Waals surface area (Å²) >= 11 is 6.10. The number of amides is 2. The smallest absolute Gasteiger partial charge is 0.239 e. The molecule has 1 aromatic carbocycles. The summed E-state index contributed by atoms with van der Waals surface area (Å²) in [6.45, 7) is 4.08. The topological polar surface area (TPSA) is 93.5 Å². The monoisotopic (exact) mass is 339 g/mol. The van der Waals surface area contributed by atoms with Crippen LogP contribution in [-0.2, 0) is 9.59 Å². The minimum atomic E-state index is -0.620. The third-order valence-electron chi connectivity index (χ3n) is 3.81. The molecule has 0 bridgehead atoms. The van der Waals surface area contributed by atoms with Gasteiger partial charge in [0.15, 0.2) is 0 Å². The van der Waals surface area contributed by atoms with E-state index in [4.69, 9.17) is 22.1 Å². The van der Waals surface area contributed by atoms with Crippen LogP contribution in [0, 0.1) is 5.92 Å². The number of fused-ring (bicyclic) bond motifs is 1. The number of hydrogen-bond donors (Lipinski definition) is 3. The molecule has 7 heteroatoms. The molecule has 0 aliphatic carbocycles. The molecular formula is C16H22ClN3O3. The van der Waals surface area contributed by atoms with Crippen molar-refractivity contribution in [2.24, 2.45) is 11.7 Å². The van der Waals surface area contributed by atoms with E-state index in [9.17, 15) is 9.59 Å². The van der Waals surface area contributed by atoms with Gasteiger partial charge >= 0.3 is 0 Å². The van der Waals surface area contributed by atoms with E-state index in [1.165, 1.54) is 0 Å². The molecule has 0 saturated heterocycles. The minimum Gasteiger partial charge on any atom is -0.492 e. The molecule has 0 saturated carbocycles. The molecule has 1 aromatic rings. The maximum absolute atomic E-state index is 12.1. The Kier molecular flexibility index (Phi) is 5.85. The first-order valence-corrected chi connectivity index (χ1v) is 8.01. The highest BCUT2D eigenvalue weighted by Crippen LogP contribution is 2.37. The van der Waals surface area contributed by atoms with Gasteiger partial charge in [-0.15, -0.1) is 0 Å². The van der Waals surface area contributed by atoms with E-state index in [2.05, 4.69) is 10.6 Å². The van der Waals surface area contributed by atoms with E-state index in [-0.39, 0.29) is 30.3 Å². The van der Waals surface area contributed by atoms with Crippen molar-refractivity contribution in [3.05, 3.63) is 28.8 Å². The zero-order valence-corrected chi connectivity index (χ0v) is 14.0. The number of carbonyl (C=O) groups excluding carboxylic acids is 2. The third kappa shape index (κ3) is 4.36. The lowest BCUT2D eigenvalue weighted by molar-refractivity contribution is -0.127. The molecule has 2 atom stereocenters. The summed E-state index contributed by atoms with van der Waals surface area (Å²) < 4.78 is 5.55. The number of carbonyl (C=O) groups is 2. The number of hydrogen-bond acceptors (Lipinski definition) is 4. The summed E-state index contributed by atoms with van der Waals surface area (Å²) in [5.74, 6) is 0.0249. The lowest BCUT2D eigenvalue weighted by atomic mass is 10.0. The van der Waals surface area contributed by atoms with E-state index in [1.807, 2.05) is 26.0 Å². The normalized spacial score (nSPS) is 17.9. The van der Waals surface area contributed by atoms with Gasteiger partial charge in [0.25, 0.3) is 0 Å². The molecule has 0 fully saturated rings. The number of halogens is 1. The van der Waals surface area contributed by atoms with Crippen LogP contribution in [0.5, 0.6) is 5.75 Å². The first-order valence-electron chi connectivity index (χ1n) is 7.64. The van der Waals surface area contributed by atoms with E-state index in [0.29, 0.717) is 23.8 Å². The maximum Gasteiger partial charge on any atom is 0.239 e. The van der Waals surface area contributed by atoms with Crippen LogP contribution in [0.2, 0.25) is 5.02 Å².